The normalized spacial score (nSPS) is 12.8. The average Bonchev–Trinajstić information content (AvgIpc) is 2.34. The molecule has 1 aromatic carbocycles. The Morgan fingerprint density at radius 3 is 2.45 bits per heavy atom. The highest BCUT2D eigenvalue weighted by Crippen LogP contribution is 2.29. The first-order chi connectivity index (χ1) is 9.31. The van der Waals surface area contributed by atoms with Gasteiger partial charge in [0, 0.05) is 12.3 Å². The monoisotopic (exact) mass is 322 g/mol. The van der Waals surface area contributed by atoms with Gasteiger partial charge in [0.1, 0.15) is 5.92 Å². The number of benzene rings is 1. The fourth-order valence-electron chi connectivity index (χ4n) is 1.53. The number of carbonyl (C=O) groups excluding carboxylic acids is 1. The molecule has 0 aliphatic rings. The van der Waals surface area contributed by atoms with Crippen LogP contribution in [-0.2, 0) is 4.79 Å². The van der Waals surface area contributed by atoms with E-state index in [1.54, 1.807) is 30.3 Å². The second-order valence-corrected chi connectivity index (χ2v) is 5.46. The average molecular weight is 322 g/mol. The molecule has 20 heavy (non-hydrogen) atoms. The lowest BCUT2D eigenvalue weighted by molar-refractivity contribution is -0.121. The van der Waals surface area contributed by atoms with Crippen LogP contribution in [0.3, 0.4) is 0 Å². The van der Waals surface area contributed by atoms with Crippen molar-refractivity contribution in [3.05, 3.63) is 35.9 Å². The topological polar surface area (TPSA) is 55.1 Å². The Bertz CT molecular complexity index is 466. The number of amides is 1. The molecule has 1 unspecified atom stereocenters. The molecule has 0 bridgehead atoms. The molecule has 0 aromatic heterocycles. The largest absolute Gasteiger partial charge is 0.441 e. The summed E-state index contributed by atoms with van der Waals surface area (Å²) in [6, 6.07) is 8.61. The van der Waals surface area contributed by atoms with Crippen LogP contribution in [0.5, 0.6) is 0 Å². The highest BCUT2D eigenvalue weighted by molar-refractivity contribution is 8.00. The molecule has 3 N–H and O–H groups in total. The molecule has 0 spiro atoms. The molecule has 0 heterocycles. The minimum Gasteiger partial charge on any atom is -0.392 e. The molecule has 110 valence electrons. The number of nitrogens with two attached hydrogens (primary N) is 1. The summed E-state index contributed by atoms with van der Waals surface area (Å²) in [5.74, 6) is -1.58. The number of hydrogen-bond acceptors (Lipinski definition) is 3. The maximum atomic E-state index is 11.9. The first-order valence-corrected chi connectivity index (χ1v) is 7.03. The van der Waals surface area contributed by atoms with Crippen LogP contribution in [0.25, 0.3) is 0 Å². The first-order valence-electron chi connectivity index (χ1n) is 5.64. The standard InChI is InChI=1S/C12H13F3N2OS2/c13-12(14,15)20-7-6-17-11(18)9(10(16)19)8-4-2-1-3-5-8/h1-5,9H,6-7H2,(H2,16,19)(H,17,18). The lowest BCUT2D eigenvalue weighted by Crippen LogP contribution is -2.37. The van der Waals surface area contributed by atoms with Crippen molar-refractivity contribution >= 4 is 34.9 Å². The lowest BCUT2D eigenvalue weighted by Gasteiger charge is -2.16. The van der Waals surface area contributed by atoms with Gasteiger partial charge in [0.15, 0.2) is 0 Å². The zero-order valence-corrected chi connectivity index (χ0v) is 11.9. The number of rotatable bonds is 6. The van der Waals surface area contributed by atoms with Crippen molar-refractivity contribution in [1.29, 1.82) is 0 Å². The van der Waals surface area contributed by atoms with Gasteiger partial charge in [0.25, 0.3) is 0 Å². The van der Waals surface area contributed by atoms with Crippen molar-refractivity contribution in [2.45, 2.75) is 11.4 Å². The minimum absolute atomic E-state index is 0.0165. The molecule has 3 nitrogen and oxygen atoms in total. The van der Waals surface area contributed by atoms with Gasteiger partial charge >= 0.3 is 5.51 Å². The maximum Gasteiger partial charge on any atom is 0.441 e. The SMILES string of the molecule is NC(=S)C(C(=O)NCCSC(F)(F)F)c1ccccc1. The summed E-state index contributed by atoms with van der Waals surface area (Å²) in [6.07, 6.45) is 0. The summed E-state index contributed by atoms with van der Waals surface area (Å²) in [5.41, 5.74) is 1.84. The third-order valence-electron chi connectivity index (χ3n) is 2.35. The summed E-state index contributed by atoms with van der Waals surface area (Å²) in [5, 5.41) is 2.41. The molecule has 8 heteroatoms. The molecule has 0 radical (unpaired) electrons. The van der Waals surface area contributed by atoms with E-state index in [2.05, 4.69) is 5.32 Å². The number of thiocarbonyl (C=S) groups is 1. The minimum atomic E-state index is -4.30. The molecule has 1 aromatic rings. The van der Waals surface area contributed by atoms with Gasteiger partial charge in [-0.3, -0.25) is 4.79 Å². The lowest BCUT2D eigenvalue weighted by atomic mass is 9.98. The van der Waals surface area contributed by atoms with Crippen LogP contribution in [-0.4, -0.2) is 28.7 Å². The zero-order chi connectivity index (χ0) is 15.2. The van der Waals surface area contributed by atoms with Gasteiger partial charge in [-0.25, -0.2) is 0 Å². The van der Waals surface area contributed by atoms with E-state index in [0.29, 0.717) is 5.56 Å². The zero-order valence-electron chi connectivity index (χ0n) is 10.3. The molecular weight excluding hydrogens is 309 g/mol. The molecule has 0 saturated heterocycles. The summed E-state index contributed by atoms with van der Waals surface area (Å²) in [6.45, 7) is -0.102. The van der Waals surface area contributed by atoms with E-state index in [1.165, 1.54) is 0 Å². The van der Waals surface area contributed by atoms with E-state index in [-0.39, 0.29) is 29.0 Å². The number of hydrogen-bond donors (Lipinski definition) is 2. The van der Waals surface area contributed by atoms with Gasteiger partial charge in [0.2, 0.25) is 5.91 Å². The quantitative estimate of drug-likeness (QED) is 0.624. The smallest absolute Gasteiger partial charge is 0.392 e. The highest BCUT2D eigenvalue weighted by Gasteiger charge is 2.28. The second-order valence-electron chi connectivity index (χ2n) is 3.83. The van der Waals surface area contributed by atoms with Crippen molar-refractivity contribution in [2.75, 3.05) is 12.3 Å². The van der Waals surface area contributed by atoms with Gasteiger partial charge in [-0.1, -0.05) is 42.5 Å². The van der Waals surface area contributed by atoms with Gasteiger partial charge in [0.05, 0.1) is 4.99 Å². The number of alkyl halides is 3. The summed E-state index contributed by atoms with van der Waals surface area (Å²) in [7, 11) is 0. The van der Waals surface area contributed by atoms with Crippen LogP contribution in [0, 0.1) is 0 Å². The predicted octanol–water partition coefficient (Wildman–Crippen LogP) is 2.43. The Labute approximate surface area is 124 Å². The fraction of sp³-hybridized carbons (Fsp3) is 0.333. The Hall–Kier alpha value is -1.28. The Balaban J connectivity index is 2.57. The van der Waals surface area contributed by atoms with Gasteiger partial charge < -0.3 is 11.1 Å². The van der Waals surface area contributed by atoms with Crippen molar-refractivity contribution in [3.8, 4) is 0 Å². The molecular formula is C12H13F3N2OS2. The number of nitrogens with one attached hydrogen (secondary N) is 1. The van der Waals surface area contributed by atoms with E-state index in [0.717, 1.165) is 0 Å². The Kier molecular flexibility index (Phi) is 6.28. The number of halogens is 3. The predicted molar refractivity (Wildman–Crippen MR) is 77.5 cm³/mol. The van der Waals surface area contributed by atoms with Gasteiger partial charge in [-0.2, -0.15) is 13.2 Å². The highest BCUT2D eigenvalue weighted by atomic mass is 32.2. The van der Waals surface area contributed by atoms with E-state index in [9.17, 15) is 18.0 Å². The number of thioether (sulfide) groups is 1. The fourth-order valence-corrected chi connectivity index (χ4v) is 2.21. The van der Waals surface area contributed by atoms with Crippen LogP contribution in [0.15, 0.2) is 30.3 Å². The molecule has 1 amide bonds. The van der Waals surface area contributed by atoms with Gasteiger partial charge in [-0.15, -0.1) is 0 Å². The van der Waals surface area contributed by atoms with Crippen LogP contribution in [0.4, 0.5) is 13.2 Å². The van der Waals surface area contributed by atoms with E-state index in [4.69, 9.17) is 18.0 Å². The molecule has 0 fully saturated rings. The Morgan fingerprint density at radius 1 is 1.35 bits per heavy atom. The molecule has 1 atom stereocenters. The molecule has 0 aliphatic carbocycles. The van der Waals surface area contributed by atoms with Crippen molar-refractivity contribution in [2.24, 2.45) is 5.73 Å². The van der Waals surface area contributed by atoms with E-state index in [1.807, 2.05) is 0 Å². The van der Waals surface area contributed by atoms with Crippen molar-refractivity contribution in [3.63, 3.8) is 0 Å². The maximum absolute atomic E-state index is 11.9. The summed E-state index contributed by atoms with van der Waals surface area (Å²) >= 11 is 4.66. The van der Waals surface area contributed by atoms with Crippen LogP contribution < -0.4 is 11.1 Å². The van der Waals surface area contributed by atoms with Crippen molar-refractivity contribution in [1.82, 2.24) is 5.32 Å². The summed E-state index contributed by atoms with van der Waals surface area (Å²) in [4.78, 5) is 11.9. The first kappa shape index (κ1) is 16.8. The molecule has 0 aliphatic heterocycles. The van der Waals surface area contributed by atoms with Crippen LogP contribution >= 0.6 is 24.0 Å². The second kappa shape index (κ2) is 7.49. The third-order valence-corrected chi connectivity index (χ3v) is 3.32. The van der Waals surface area contributed by atoms with E-state index >= 15 is 0 Å². The number of carbonyl (C=O) groups is 1. The third kappa shape index (κ3) is 5.79. The Morgan fingerprint density at radius 2 is 1.95 bits per heavy atom. The van der Waals surface area contributed by atoms with Crippen LogP contribution in [0.2, 0.25) is 0 Å². The molecule has 0 saturated carbocycles. The van der Waals surface area contributed by atoms with Crippen LogP contribution in [0.1, 0.15) is 11.5 Å². The van der Waals surface area contributed by atoms with Crippen molar-refractivity contribution < 1.29 is 18.0 Å². The summed E-state index contributed by atoms with van der Waals surface area (Å²) < 4.78 is 35.8. The van der Waals surface area contributed by atoms with Gasteiger partial charge in [-0.05, 0) is 17.3 Å². The van der Waals surface area contributed by atoms with E-state index < -0.39 is 17.3 Å². The molecule has 1 rings (SSSR count).